The highest BCUT2D eigenvalue weighted by Gasteiger charge is 2.22. The van der Waals surface area contributed by atoms with Crippen molar-refractivity contribution < 1.29 is 9.90 Å². The van der Waals surface area contributed by atoms with Gasteiger partial charge < -0.3 is 15.3 Å². The molecule has 2 N–H and O–H groups in total. The quantitative estimate of drug-likeness (QED) is 0.676. The maximum Gasteiger partial charge on any atom is 0.331 e. The molecule has 6 heteroatoms. The molecule has 1 saturated carbocycles. The zero-order chi connectivity index (χ0) is 19.1. The number of nitrogens with one attached hydrogen (secondary N) is 1. The number of anilines is 1. The van der Waals surface area contributed by atoms with E-state index < -0.39 is 5.97 Å². The van der Waals surface area contributed by atoms with Gasteiger partial charge in [-0.3, -0.25) is 4.98 Å². The molecule has 0 spiro atoms. The van der Waals surface area contributed by atoms with Gasteiger partial charge in [-0.15, -0.1) is 0 Å². The predicted molar refractivity (Wildman–Crippen MR) is 108 cm³/mol. The summed E-state index contributed by atoms with van der Waals surface area (Å²) in [6, 6.07) is 0.413. The van der Waals surface area contributed by atoms with Gasteiger partial charge in [-0.05, 0) is 44.7 Å². The molecule has 0 amide bonds. The Morgan fingerprint density at radius 2 is 2.07 bits per heavy atom. The smallest absolute Gasteiger partial charge is 0.331 e. The van der Waals surface area contributed by atoms with Gasteiger partial charge >= 0.3 is 5.97 Å². The molecule has 0 aromatic carbocycles. The number of carbonyl (C=O) groups is 1. The molecular formula is C21H32N4O2. The van der Waals surface area contributed by atoms with Gasteiger partial charge in [0.2, 0.25) is 0 Å². The predicted octanol–water partition coefficient (Wildman–Crippen LogP) is 3.81. The number of aromatic nitrogens is 2. The van der Waals surface area contributed by atoms with Crippen molar-refractivity contribution in [1.82, 2.24) is 14.9 Å². The van der Waals surface area contributed by atoms with E-state index in [1.807, 2.05) is 0 Å². The number of hydrogen-bond acceptors (Lipinski definition) is 5. The molecule has 0 bridgehead atoms. The molecule has 1 atom stereocenters. The average molecular weight is 373 g/mol. The molecule has 0 radical (unpaired) electrons. The minimum absolute atomic E-state index is 0.254. The van der Waals surface area contributed by atoms with Gasteiger partial charge in [0.15, 0.2) is 0 Å². The monoisotopic (exact) mass is 372 g/mol. The number of nitrogens with zero attached hydrogens (tertiary/aromatic N) is 3. The molecule has 3 rings (SSSR count). The summed E-state index contributed by atoms with van der Waals surface area (Å²) < 4.78 is 0. The molecule has 1 aliphatic carbocycles. The van der Waals surface area contributed by atoms with Crippen LogP contribution in [0.25, 0.3) is 6.08 Å². The topological polar surface area (TPSA) is 78.4 Å². The van der Waals surface area contributed by atoms with Crippen LogP contribution in [0.4, 0.5) is 5.82 Å². The Hall–Kier alpha value is -1.95. The fourth-order valence-corrected chi connectivity index (χ4v) is 4.21. The summed E-state index contributed by atoms with van der Waals surface area (Å²) in [5.41, 5.74) is 0.820. The van der Waals surface area contributed by atoms with E-state index in [-0.39, 0.29) is 5.57 Å². The van der Waals surface area contributed by atoms with E-state index in [9.17, 15) is 4.79 Å². The lowest BCUT2D eigenvalue weighted by atomic mass is 9.86. The van der Waals surface area contributed by atoms with Crippen molar-refractivity contribution in [1.29, 1.82) is 0 Å². The van der Waals surface area contributed by atoms with E-state index in [0.29, 0.717) is 11.7 Å². The second kappa shape index (κ2) is 9.83. The third kappa shape index (κ3) is 6.31. The third-order valence-electron chi connectivity index (χ3n) is 5.81. The Labute approximate surface area is 162 Å². The first-order chi connectivity index (χ1) is 13.1. The minimum Gasteiger partial charge on any atom is -0.478 e. The summed E-state index contributed by atoms with van der Waals surface area (Å²) >= 11 is 0. The van der Waals surface area contributed by atoms with Crippen molar-refractivity contribution in [2.75, 3.05) is 25.0 Å². The summed E-state index contributed by atoms with van der Waals surface area (Å²) in [7, 11) is 0. The summed E-state index contributed by atoms with van der Waals surface area (Å²) in [6.45, 7) is 4.97. The largest absolute Gasteiger partial charge is 0.478 e. The molecule has 1 aliphatic heterocycles. The molecule has 148 valence electrons. The Bertz CT molecular complexity index is 638. The molecule has 2 fully saturated rings. The fourth-order valence-electron chi connectivity index (χ4n) is 4.21. The maximum atomic E-state index is 10.9. The first-order valence-corrected chi connectivity index (χ1v) is 10.3. The second-order valence-electron chi connectivity index (χ2n) is 8.04. The standard InChI is InChI=1S/C21H32N4O2/c1-16(21(26)27)12-19-13-23-20(14-22-19)24-18-9-11-25(15-18)10-5-8-17-6-3-2-4-7-17/h12-14,17-18H,2-11,15H2,1H3,(H,23,24)(H,26,27)/b16-12+/t18-/m1/s1. The van der Waals surface area contributed by atoms with Gasteiger partial charge in [0.25, 0.3) is 0 Å². The molecule has 27 heavy (non-hydrogen) atoms. The first-order valence-electron chi connectivity index (χ1n) is 10.3. The molecular weight excluding hydrogens is 340 g/mol. The van der Waals surface area contributed by atoms with Crippen molar-refractivity contribution in [3.63, 3.8) is 0 Å². The lowest BCUT2D eigenvalue weighted by molar-refractivity contribution is -0.132. The maximum absolute atomic E-state index is 10.9. The highest BCUT2D eigenvalue weighted by Crippen LogP contribution is 2.27. The zero-order valence-corrected chi connectivity index (χ0v) is 16.4. The van der Waals surface area contributed by atoms with Crippen LogP contribution in [-0.2, 0) is 4.79 Å². The SMILES string of the molecule is C/C(=C\c1cnc(N[C@@H]2CCN(CCCC3CCCCC3)C2)cn1)C(=O)O. The number of carboxylic acids is 1. The van der Waals surface area contributed by atoms with Gasteiger partial charge in [-0.2, -0.15) is 0 Å². The number of likely N-dealkylation sites (tertiary alicyclic amines) is 1. The lowest BCUT2D eigenvalue weighted by Gasteiger charge is -2.23. The Kier molecular flexibility index (Phi) is 7.21. The molecule has 0 unspecified atom stereocenters. The summed E-state index contributed by atoms with van der Waals surface area (Å²) in [5.74, 6) is 0.797. The molecule has 1 aromatic heterocycles. The van der Waals surface area contributed by atoms with E-state index in [0.717, 1.165) is 31.2 Å². The Morgan fingerprint density at radius 3 is 2.78 bits per heavy atom. The Balaban J connectivity index is 1.39. The highest BCUT2D eigenvalue weighted by atomic mass is 16.4. The van der Waals surface area contributed by atoms with Crippen molar-refractivity contribution >= 4 is 17.9 Å². The third-order valence-corrected chi connectivity index (χ3v) is 5.81. The number of rotatable bonds is 8. The molecule has 6 nitrogen and oxygen atoms in total. The summed E-state index contributed by atoms with van der Waals surface area (Å²) in [4.78, 5) is 22.1. The van der Waals surface area contributed by atoms with Crippen LogP contribution in [0.1, 0.15) is 64.0 Å². The van der Waals surface area contributed by atoms with Crippen LogP contribution < -0.4 is 5.32 Å². The van der Waals surface area contributed by atoms with Crippen molar-refractivity contribution in [3.05, 3.63) is 23.7 Å². The fraction of sp³-hybridized carbons (Fsp3) is 0.667. The van der Waals surface area contributed by atoms with E-state index in [1.165, 1.54) is 57.6 Å². The van der Waals surface area contributed by atoms with Gasteiger partial charge in [0.1, 0.15) is 5.82 Å². The van der Waals surface area contributed by atoms with Gasteiger partial charge in [0, 0.05) is 24.7 Å². The van der Waals surface area contributed by atoms with Crippen LogP contribution in [0, 0.1) is 5.92 Å². The van der Waals surface area contributed by atoms with Crippen LogP contribution in [0.5, 0.6) is 0 Å². The van der Waals surface area contributed by atoms with Crippen molar-refractivity contribution in [2.24, 2.45) is 5.92 Å². The van der Waals surface area contributed by atoms with Crippen molar-refractivity contribution in [2.45, 2.75) is 64.3 Å². The van der Waals surface area contributed by atoms with Gasteiger partial charge in [-0.25, -0.2) is 9.78 Å². The van der Waals surface area contributed by atoms with Gasteiger partial charge in [-0.1, -0.05) is 32.1 Å². The average Bonchev–Trinajstić information content (AvgIpc) is 3.11. The minimum atomic E-state index is -0.937. The van der Waals surface area contributed by atoms with Crippen LogP contribution >= 0.6 is 0 Å². The summed E-state index contributed by atoms with van der Waals surface area (Å²) in [5, 5.41) is 12.4. The number of hydrogen-bond donors (Lipinski definition) is 2. The lowest BCUT2D eigenvalue weighted by Crippen LogP contribution is -2.27. The van der Waals surface area contributed by atoms with Gasteiger partial charge in [0.05, 0.1) is 18.1 Å². The van der Waals surface area contributed by atoms with E-state index in [1.54, 1.807) is 19.3 Å². The molecule has 1 aromatic rings. The normalized spacial score (nSPS) is 22.1. The van der Waals surface area contributed by atoms with E-state index in [4.69, 9.17) is 5.11 Å². The van der Waals surface area contributed by atoms with Crippen LogP contribution in [0.2, 0.25) is 0 Å². The number of carboxylic acid groups (broad SMARTS) is 1. The van der Waals surface area contributed by atoms with E-state index in [2.05, 4.69) is 20.2 Å². The molecule has 2 heterocycles. The summed E-state index contributed by atoms with van der Waals surface area (Å²) in [6.07, 6.45) is 15.9. The number of aliphatic carboxylic acids is 1. The van der Waals surface area contributed by atoms with Crippen LogP contribution in [0.15, 0.2) is 18.0 Å². The molecule has 1 saturated heterocycles. The first kappa shape index (κ1) is 19.8. The van der Waals surface area contributed by atoms with Crippen LogP contribution in [-0.4, -0.2) is 51.6 Å². The Morgan fingerprint density at radius 1 is 1.26 bits per heavy atom. The van der Waals surface area contributed by atoms with E-state index >= 15 is 0 Å². The molecule has 2 aliphatic rings. The van der Waals surface area contributed by atoms with Crippen LogP contribution in [0.3, 0.4) is 0 Å². The highest BCUT2D eigenvalue weighted by molar-refractivity contribution is 5.91. The second-order valence-corrected chi connectivity index (χ2v) is 8.04. The van der Waals surface area contributed by atoms with Crippen molar-refractivity contribution in [3.8, 4) is 0 Å². The zero-order valence-electron chi connectivity index (χ0n) is 16.4.